The van der Waals surface area contributed by atoms with Gasteiger partial charge in [-0.2, -0.15) is 0 Å². The lowest BCUT2D eigenvalue weighted by Crippen LogP contribution is -2.39. The number of carboxylic acid groups (broad SMARTS) is 1. The zero-order chi connectivity index (χ0) is 14.4. The minimum absolute atomic E-state index is 0.131. The number of hydrogen-bond acceptors (Lipinski definition) is 3. The summed E-state index contributed by atoms with van der Waals surface area (Å²) in [5, 5.41) is 8.56. The molecular weight excluding hydrogens is 258 g/mol. The van der Waals surface area contributed by atoms with Gasteiger partial charge in [0.05, 0.1) is 0 Å². The summed E-state index contributed by atoms with van der Waals surface area (Å²) in [5.74, 6) is 0.579. The number of carbonyl (C=O) groups excluding carboxylic acids is 1. The van der Waals surface area contributed by atoms with Crippen molar-refractivity contribution in [2.24, 2.45) is 0 Å². The molecule has 2 rings (SSSR count). The van der Waals surface area contributed by atoms with Crippen LogP contribution < -0.4 is 0 Å². The monoisotopic (exact) mass is 279 g/mol. The van der Waals surface area contributed by atoms with E-state index in [1.54, 1.807) is 6.20 Å². The Bertz CT molecular complexity index is 445. The van der Waals surface area contributed by atoms with Gasteiger partial charge in [0.25, 0.3) is 0 Å². The molecule has 0 aliphatic carbocycles. The maximum atomic E-state index is 12.1. The summed E-state index contributed by atoms with van der Waals surface area (Å²) >= 11 is 0. The van der Waals surface area contributed by atoms with Crippen LogP contribution in [0.5, 0.6) is 0 Å². The van der Waals surface area contributed by atoms with E-state index >= 15 is 0 Å². The highest BCUT2D eigenvalue weighted by Crippen LogP contribution is 2.24. The molecule has 6 heteroatoms. The van der Waals surface area contributed by atoms with Crippen molar-refractivity contribution in [2.45, 2.75) is 44.4 Å². The second kappa shape index (κ2) is 7.07. The molecule has 1 aliphatic heterocycles. The maximum Gasteiger partial charge on any atom is 0.303 e. The highest BCUT2D eigenvalue weighted by molar-refractivity contribution is 5.76. The SMILES string of the molecule is O=C(O)CCCCC(=O)N1CCCC(c2ncc[nH]2)C1. The molecule has 1 aromatic rings. The summed E-state index contributed by atoms with van der Waals surface area (Å²) in [5.41, 5.74) is 0. The molecule has 1 unspecified atom stereocenters. The molecule has 0 aromatic carbocycles. The molecule has 0 saturated carbocycles. The minimum Gasteiger partial charge on any atom is -0.481 e. The highest BCUT2D eigenvalue weighted by atomic mass is 16.4. The largest absolute Gasteiger partial charge is 0.481 e. The Morgan fingerprint density at radius 1 is 1.40 bits per heavy atom. The summed E-state index contributed by atoms with van der Waals surface area (Å²) in [4.78, 5) is 31.8. The molecule has 6 nitrogen and oxygen atoms in total. The van der Waals surface area contributed by atoms with Crippen LogP contribution in [-0.2, 0) is 9.59 Å². The summed E-state index contributed by atoms with van der Waals surface area (Å²) in [6.07, 6.45) is 7.39. The van der Waals surface area contributed by atoms with Crippen molar-refractivity contribution < 1.29 is 14.7 Å². The number of nitrogens with one attached hydrogen (secondary N) is 1. The molecular formula is C14H21N3O3. The fourth-order valence-electron chi connectivity index (χ4n) is 2.64. The lowest BCUT2D eigenvalue weighted by atomic mass is 9.97. The van der Waals surface area contributed by atoms with Crippen LogP contribution in [0.4, 0.5) is 0 Å². The van der Waals surface area contributed by atoms with Gasteiger partial charge in [0.1, 0.15) is 5.82 Å². The van der Waals surface area contributed by atoms with Gasteiger partial charge in [0.15, 0.2) is 0 Å². The predicted octanol–water partition coefficient (Wildman–Crippen LogP) is 1.76. The number of H-pyrrole nitrogens is 1. The van der Waals surface area contributed by atoms with Crippen molar-refractivity contribution >= 4 is 11.9 Å². The van der Waals surface area contributed by atoms with Crippen molar-refractivity contribution in [1.82, 2.24) is 14.9 Å². The summed E-state index contributed by atoms with van der Waals surface area (Å²) < 4.78 is 0. The second-order valence-electron chi connectivity index (χ2n) is 5.25. The van der Waals surface area contributed by atoms with E-state index in [-0.39, 0.29) is 12.3 Å². The molecule has 1 saturated heterocycles. The predicted molar refractivity (Wildman–Crippen MR) is 73.2 cm³/mol. The third-order valence-corrected chi connectivity index (χ3v) is 3.71. The van der Waals surface area contributed by atoms with Crippen LogP contribution in [0.1, 0.15) is 50.3 Å². The van der Waals surface area contributed by atoms with Gasteiger partial charge >= 0.3 is 5.97 Å². The number of hydrogen-bond donors (Lipinski definition) is 2. The number of rotatable bonds is 6. The number of likely N-dealkylation sites (tertiary alicyclic amines) is 1. The van der Waals surface area contributed by atoms with E-state index in [4.69, 9.17) is 5.11 Å². The number of unbranched alkanes of at least 4 members (excludes halogenated alkanes) is 1. The van der Waals surface area contributed by atoms with Crippen LogP contribution in [0.2, 0.25) is 0 Å². The van der Waals surface area contributed by atoms with E-state index in [0.717, 1.165) is 25.2 Å². The van der Waals surface area contributed by atoms with E-state index < -0.39 is 5.97 Å². The normalized spacial score (nSPS) is 19.0. The second-order valence-corrected chi connectivity index (χ2v) is 5.25. The van der Waals surface area contributed by atoms with Gasteiger partial charge in [-0.25, -0.2) is 4.98 Å². The van der Waals surface area contributed by atoms with Crippen molar-refractivity contribution in [2.75, 3.05) is 13.1 Å². The first-order valence-corrected chi connectivity index (χ1v) is 7.15. The molecule has 20 heavy (non-hydrogen) atoms. The highest BCUT2D eigenvalue weighted by Gasteiger charge is 2.25. The third kappa shape index (κ3) is 4.08. The average Bonchev–Trinajstić information content (AvgIpc) is 2.97. The molecule has 1 aromatic heterocycles. The Kier molecular flexibility index (Phi) is 5.15. The molecule has 0 bridgehead atoms. The van der Waals surface area contributed by atoms with E-state index in [0.29, 0.717) is 31.7 Å². The fraction of sp³-hybridized carbons (Fsp3) is 0.643. The van der Waals surface area contributed by atoms with Crippen LogP contribution in [0.25, 0.3) is 0 Å². The molecule has 1 amide bonds. The summed E-state index contributed by atoms with van der Waals surface area (Å²) in [6.45, 7) is 1.51. The number of amides is 1. The first-order chi connectivity index (χ1) is 9.66. The van der Waals surface area contributed by atoms with Crippen molar-refractivity contribution in [3.8, 4) is 0 Å². The molecule has 1 atom stereocenters. The Morgan fingerprint density at radius 3 is 2.90 bits per heavy atom. The zero-order valence-electron chi connectivity index (χ0n) is 11.5. The number of aromatic nitrogens is 2. The van der Waals surface area contributed by atoms with Gasteiger partial charge in [-0.3, -0.25) is 9.59 Å². The van der Waals surface area contributed by atoms with E-state index in [9.17, 15) is 9.59 Å². The first-order valence-electron chi connectivity index (χ1n) is 7.15. The Morgan fingerprint density at radius 2 is 2.20 bits per heavy atom. The molecule has 2 N–H and O–H groups in total. The lowest BCUT2D eigenvalue weighted by Gasteiger charge is -2.32. The minimum atomic E-state index is -0.798. The van der Waals surface area contributed by atoms with Crippen molar-refractivity contribution in [1.29, 1.82) is 0 Å². The standard InChI is InChI=1S/C14H21N3O3/c18-12(5-1-2-6-13(19)20)17-9-3-4-11(10-17)14-15-7-8-16-14/h7-8,11H,1-6,9-10H2,(H,15,16)(H,19,20). The number of carboxylic acids is 1. The van der Waals surface area contributed by atoms with Gasteiger partial charge in [-0.05, 0) is 25.7 Å². The quantitative estimate of drug-likeness (QED) is 0.777. The van der Waals surface area contributed by atoms with Gasteiger partial charge in [0.2, 0.25) is 5.91 Å². The fourth-order valence-corrected chi connectivity index (χ4v) is 2.64. The van der Waals surface area contributed by atoms with Crippen molar-refractivity contribution in [3.05, 3.63) is 18.2 Å². The maximum absolute atomic E-state index is 12.1. The number of aromatic amines is 1. The molecule has 1 aliphatic rings. The van der Waals surface area contributed by atoms with E-state index in [1.165, 1.54) is 0 Å². The topological polar surface area (TPSA) is 86.3 Å². The summed E-state index contributed by atoms with van der Waals surface area (Å²) in [6, 6.07) is 0. The number of imidazole rings is 1. The smallest absolute Gasteiger partial charge is 0.303 e. The van der Waals surface area contributed by atoms with Gasteiger partial charge in [0, 0.05) is 44.2 Å². The molecule has 110 valence electrons. The molecule has 0 radical (unpaired) electrons. The average molecular weight is 279 g/mol. The molecule has 2 heterocycles. The zero-order valence-corrected chi connectivity index (χ0v) is 11.5. The van der Waals surface area contributed by atoms with Crippen LogP contribution in [-0.4, -0.2) is 44.9 Å². The molecule has 0 spiro atoms. The van der Waals surface area contributed by atoms with Crippen LogP contribution >= 0.6 is 0 Å². The lowest BCUT2D eigenvalue weighted by molar-refractivity contribution is -0.137. The number of carbonyl (C=O) groups is 2. The number of piperidine rings is 1. The van der Waals surface area contributed by atoms with Crippen molar-refractivity contribution in [3.63, 3.8) is 0 Å². The number of aliphatic carboxylic acids is 1. The first kappa shape index (κ1) is 14.6. The van der Waals surface area contributed by atoms with Gasteiger partial charge in [-0.1, -0.05) is 0 Å². The Labute approximate surface area is 118 Å². The third-order valence-electron chi connectivity index (χ3n) is 3.71. The Hall–Kier alpha value is -1.85. The van der Waals surface area contributed by atoms with Crippen LogP contribution in [0.15, 0.2) is 12.4 Å². The van der Waals surface area contributed by atoms with E-state index in [2.05, 4.69) is 9.97 Å². The van der Waals surface area contributed by atoms with Gasteiger partial charge < -0.3 is 15.0 Å². The Balaban J connectivity index is 1.77. The van der Waals surface area contributed by atoms with E-state index in [1.807, 2.05) is 11.1 Å². The number of nitrogens with zero attached hydrogens (tertiary/aromatic N) is 2. The summed E-state index contributed by atoms with van der Waals surface area (Å²) in [7, 11) is 0. The van der Waals surface area contributed by atoms with Gasteiger partial charge in [-0.15, -0.1) is 0 Å². The van der Waals surface area contributed by atoms with Crippen LogP contribution in [0, 0.1) is 0 Å². The molecule has 1 fully saturated rings. The van der Waals surface area contributed by atoms with Crippen LogP contribution in [0.3, 0.4) is 0 Å².